The molecule has 0 radical (unpaired) electrons. The molecule has 0 saturated carbocycles. The van der Waals surface area contributed by atoms with Gasteiger partial charge in [-0.1, -0.05) is 31.2 Å². The maximum atomic E-state index is 10.0. The van der Waals surface area contributed by atoms with E-state index < -0.39 is 5.60 Å². The largest absolute Gasteiger partial charge is 0.390 e. The summed E-state index contributed by atoms with van der Waals surface area (Å²) in [4.78, 5) is 0. The zero-order chi connectivity index (χ0) is 11.3. The molecule has 0 aliphatic heterocycles. The fourth-order valence-electron chi connectivity index (χ4n) is 1.73. The van der Waals surface area contributed by atoms with E-state index in [1.54, 1.807) is 0 Å². The Labute approximate surface area is 92.1 Å². The van der Waals surface area contributed by atoms with E-state index in [2.05, 4.69) is 31.2 Å². The Morgan fingerprint density at radius 2 is 1.73 bits per heavy atom. The quantitative estimate of drug-likeness (QED) is 0.774. The summed E-state index contributed by atoms with van der Waals surface area (Å²) in [7, 11) is 0. The first kappa shape index (κ1) is 12.2. The summed E-state index contributed by atoms with van der Waals surface area (Å²) in [6, 6.07) is 8.41. The molecule has 0 spiro atoms. The summed E-state index contributed by atoms with van der Waals surface area (Å²) in [5.41, 5.74) is 7.28. The van der Waals surface area contributed by atoms with Crippen LogP contribution in [0.1, 0.15) is 31.4 Å². The van der Waals surface area contributed by atoms with E-state index in [1.807, 2.05) is 6.92 Å². The van der Waals surface area contributed by atoms with Gasteiger partial charge in [0.1, 0.15) is 0 Å². The van der Waals surface area contributed by atoms with Crippen molar-refractivity contribution in [3.8, 4) is 0 Å². The molecule has 0 heterocycles. The van der Waals surface area contributed by atoms with E-state index in [-0.39, 0.29) is 0 Å². The van der Waals surface area contributed by atoms with Crippen molar-refractivity contribution in [3.63, 3.8) is 0 Å². The first-order chi connectivity index (χ1) is 7.07. The van der Waals surface area contributed by atoms with Gasteiger partial charge in [-0.05, 0) is 37.4 Å². The van der Waals surface area contributed by atoms with Crippen LogP contribution < -0.4 is 5.73 Å². The highest BCUT2D eigenvalue weighted by molar-refractivity contribution is 5.23. The Hall–Kier alpha value is -0.860. The van der Waals surface area contributed by atoms with Crippen LogP contribution >= 0.6 is 0 Å². The molecule has 0 fully saturated rings. The summed E-state index contributed by atoms with van der Waals surface area (Å²) < 4.78 is 0. The van der Waals surface area contributed by atoms with Crippen LogP contribution in [0.4, 0.5) is 0 Å². The highest BCUT2D eigenvalue weighted by Gasteiger charge is 2.19. The molecule has 0 aliphatic carbocycles. The SMILES string of the molecule is CCc1ccc(CC(C)(O)CCN)cc1. The number of hydrogen-bond acceptors (Lipinski definition) is 2. The molecule has 3 N–H and O–H groups in total. The molecule has 0 aromatic heterocycles. The first-order valence-electron chi connectivity index (χ1n) is 5.57. The molecule has 1 unspecified atom stereocenters. The molecule has 2 nitrogen and oxygen atoms in total. The van der Waals surface area contributed by atoms with Crippen LogP contribution in [0.2, 0.25) is 0 Å². The topological polar surface area (TPSA) is 46.2 Å². The van der Waals surface area contributed by atoms with Gasteiger partial charge in [0.15, 0.2) is 0 Å². The molecule has 1 rings (SSSR count). The Morgan fingerprint density at radius 1 is 1.20 bits per heavy atom. The van der Waals surface area contributed by atoms with Crippen LogP contribution in [0.25, 0.3) is 0 Å². The predicted molar refractivity (Wildman–Crippen MR) is 63.8 cm³/mol. The maximum absolute atomic E-state index is 10.0. The minimum absolute atomic E-state index is 0.528. The number of hydrogen-bond donors (Lipinski definition) is 2. The average Bonchev–Trinajstić information content (AvgIpc) is 2.18. The average molecular weight is 207 g/mol. The second-order valence-corrected chi connectivity index (χ2v) is 4.38. The lowest BCUT2D eigenvalue weighted by molar-refractivity contribution is 0.0539. The highest BCUT2D eigenvalue weighted by atomic mass is 16.3. The zero-order valence-corrected chi connectivity index (χ0v) is 9.66. The zero-order valence-electron chi connectivity index (χ0n) is 9.66. The van der Waals surface area contributed by atoms with Crippen LogP contribution in [0.3, 0.4) is 0 Å². The molecular formula is C13H21NO. The number of aliphatic hydroxyl groups is 1. The van der Waals surface area contributed by atoms with Crippen molar-refractivity contribution >= 4 is 0 Å². The Kier molecular flexibility index (Phi) is 4.30. The summed E-state index contributed by atoms with van der Waals surface area (Å²) in [6.45, 7) is 4.51. The molecular weight excluding hydrogens is 186 g/mol. The van der Waals surface area contributed by atoms with E-state index in [0.29, 0.717) is 19.4 Å². The third-order valence-electron chi connectivity index (χ3n) is 2.70. The lowest BCUT2D eigenvalue weighted by atomic mass is 9.93. The van der Waals surface area contributed by atoms with Crippen molar-refractivity contribution < 1.29 is 5.11 Å². The van der Waals surface area contributed by atoms with Crippen LogP contribution in [-0.4, -0.2) is 17.3 Å². The van der Waals surface area contributed by atoms with Gasteiger partial charge in [0, 0.05) is 6.42 Å². The third kappa shape index (κ3) is 4.02. The van der Waals surface area contributed by atoms with Crippen molar-refractivity contribution in [3.05, 3.63) is 35.4 Å². The van der Waals surface area contributed by atoms with Crippen LogP contribution in [0.15, 0.2) is 24.3 Å². The predicted octanol–water partition coefficient (Wildman–Crippen LogP) is 1.89. The highest BCUT2D eigenvalue weighted by Crippen LogP contribution is 2.16. The summed E-state index contributed by atoms with van der Waals surface area (Å²) in [6.07, 6.45) is 2.37. The van der Waals surface area contributed by atoms with Crippen molar-refractivity contribution in [1.82, 2.24) is 0 Å². The number of rotatable bonds is 5. The van der Waals surface area contributed by atoms with Crippen molar-refractivity contribution in [2.75, 3.05) is 6.54 Å². The molecule has 1 aromatic carbocycles. The van der Waals surface area contributed by atoms with E-state index in [0.717, 1.165) is 6.42 Å². The minimum Gasteiger partial charge on any atom is -0.390 e. The molecule has 0 amide bonds. The molecule has 0 saturated heterocycles. The molecule has 1 atom stereocenters. The molecule has 1 aromatic rings. The molecule has 15 heavy (non-hydrogen) atoms. The lowest BCUT2D eigenvalue weighted by Crippen LogP contribution is -2.30. The second-order valence-electron chi connectivity index (χ2n) is 4.38. The van der Waals surface area contributed by atoms with Gasteiger partial charge in [0.25, 0.3) is 0 Å². The second kappa shape index (κ2) is 5.29. The third-order valence-corrected chi connectivity index (χ3v) is 2.70. The van der Waals surface area contributed by atoms with E-state index in [1.165, 1.54) is 11.1 Å². The number of benzene rings is 1. The summed E-state index contributed by atoms with van der Waals surface area (Å²) in [5, 5.41) is 10.0. The van der Waals surface area contributed by atoms with Gasteiger partial charge in [0.2, 0.25) is 0 Å². The normalized spacial score (nSPS) is 14.9. The molecule has 84 valence electrons. The van der Waals surface area contributed by atoms with Gasteiger partial charge >= 0.3 is 0 Å². The van der Waals surface area contributed by atoms with E-state index in [4.69, 9.17) is 5.73 Å². The van der Waals surface area contributed by atoms with Gasteiger partial charge in [-0.3, -0.25) is 0 Å². The lowest BCUT2D eigenvalue weighted by Gasteiger charge is -2.22. The molecule has 0 aliphatic rings. The summed E-state index contributed by atoms with van der Waals surface area (Å²) >= 11 is 0. The number of nitrogens with two attached hydrogens (primary N) is 1. The van der Waals surface area contributed by atoms with E-state index in [9.17, 15) is 5.11 Å². The van der Waals surface area contributed by atoms with Crippen LogP contribution in [0, 0.1) is 0 Å². The van der Waals surface area contributed by atoms with Gasteiger partial charge in [0.05, 0.1) is 5.60 Å². The maximum Gasteiger partial charge on any atom is 0.0671 e. The van der Waals surface area contributed by atoms with Crippen LogP contribution in [0.5, 0.6) is 0 Å². The minimum atomic E-state index is -0.678. The van der Waals surface area contributed by atoms with Crippen molar-refractivity contribution in [1.29, 1.82) is 0 Å². The molecule has 0 bridgehead atoms. The molecule has 2 heteroatoms. The van der Waals surface area contributed by atoms with Gasteiger partial charge in [-0.15, -0.1) is 0 Å². The summed E-state index contributed by atoms with van der Waals surface area (Å²) in [5.74, 6) is 0. The van der Waals surface area contributed by atoms with Crippen molar-refractivity contribution in [2.45, 2.75) is 38.7 Å². The standard InChI is InChI=1S/C13H21NO/c1-3-11-4-6-12(7-5-11)10-13(2,15)8-9-14/h4-7,15H,3,8-10,14H2,1-2H3. The Bertz CT molecular complexity index is 290. The fraction of sp³-hybridized carbons (Fsp3) is 0.538. The first-order valence-corrected chi connectivity index (χ1v) is 5.57. The van der Waals surface area contributed by atoms with Gasteiger partial charge < -0.3 is 10.8 Å². The Morgan fingerprint density at radius 3 is 2.20 bits per heavy atom. The van der Waals surface area contributed by atoms with Crippen LogP contribution in [-0.2, 0) is 12.8 Å². The van der Waals surface area contributed by atoms with Gasteiger partial charge in [-0.25, -0.2) is 0 Å². The fourth-order valence-corrected chi connectivity index (χ4v) is 1.73. The number of aryl methyl sites for hydroxylation is 1. The monoisotopic (exact) mass is 207 g/mol. The van der Waals surface area contributed by atoms with Crippen molar-refractivity contribution in [2.24, 2.45) is 5.73 Å². The smallest absolute Gasteiger partial charge is 0.0671 e. The Balaban J connectivity index is 2.64. The van der Waals surface area contributed by atoms with E-state index >= 15 is 0 Å². The van der Waals surface area contributed by atoms with Gasteiger partial charge in [-0.2, -0.15) is 0 Å².